The molecule has 0 aromatic carbocycles. The topological polar surface area (TPSA) is 28.2 Å². The second-order valence-electron chi connectivity index (χ2n) is 5.20. The Hall–Kier alpha value is -0.930. The third kappa shape index (κ3) is 3.27. The Morgan fingerprint density at radius 2 is 2.35 bits per heavy atom. The van der Waals surface area contributed by atoms with E-state index in [4.69, 9.17) is 0 Å². The lowest BCUT2D eigenvalue weighted by Gasteiger charge is -2.35. The fourth-order valence-electron chi connectivity index (χ4n) is 2.42. The monoisotopic (exact) mass is 233 g/mol. The van der Waals surface area contributed by atoms with Crippen LogP contribution in [0.25, 0.3) is 0 Å². The average Bonchev–Trinajstić information content (AvgIpc) is 2.32. The molecule has 1 saturated heterocycles. The number of piperidine rings is 1. The molecule has 1 fully saturated rings. The third-order valence-electron chi connectivity index (χ3n) is 3.88. The van der Waals surface area contributed by atoms with Crippen molar-refractivity contribution in [1.29, 1.82) is 0 Å². The Morgan fingerprint density at radius 3 is 3.06 bits per heavy atom. The Kier molecular flexibility index (Phi) is 4.13. The summed E-state index contributed by atoms with van der Waals surface area (Å²) in [6, 6.07) is 5.45. The predicted octanol–water partition coefficient (Wildman–Crippen LogP) is 1.96. The molecule has 0 aliphatic carbocycles. The van der Waals surface area contributed by atoms with Crippen molar-refractivity contribution >= 4 is 0 Å². The average molecular weight is 233 g/mol. The van der Waals surface area contributed by atoms with Crippen LogP contribution in [0.1, 0.15) is 31.0 Å². The molecule has 0 saturated carbocycles. The molecule has 0 amide bonds. The van der Waals surface area contributed by atoms with Gasteiger partial charge in [0.2, 0.25) is 0 Å². The Labute approximate surface area is 104 Å². The van der Waals surface area contributed by atoms with Crippen LogP contribution in [-0.4, -0.2) is 35.6 Å². The van der Waals surface area contributed by atoms with Crippen LogP contribution in [0.15, 0.2) is 18.3 Å². The summed E-state index contributed by atoms with van der Waals surface area (Å²) in [6.07, 6.45) is 4.36. The van der Waals surface area contributed by atoms with Gasteiger partial charge >= 0.3 is 0 Å². The first kappa shape index (κ1) is 12.5. The van der Waals surface area contributed by atoms with E-state index < -0.39 is 0 Å². The Balaban J connectivity index is 1.85. The first-order chi connectivity index (χ1) is 8.16. The van der Waals surface area contributed by atoms with Crippen LogP contribution >= 0.6 is 0 Å². The van der Waals surface area contributed by atoms with Crippen LogP contribution < -0.4 is 5.32 Å². The molecule has 1 aromatic heterocycles. The maximum Gasteiger partial charge on any atom is 0.0570 e. The van der Waals surface area contributed by atoms with Gasteiger partial charge < -0.3 is 10.2 Å². The van der Waals surface area contributed by atoms with E-state index in [1.807, 2.05) is 12.3 Å². The van der Waals surface area contributed by atoms with Gasteiger partial charge in [0.15, 0.2) is 0 Å². The van der Waals surface area contributed by atoms with Gasteiger partial charge in [-0.1, -0.05) is 6.07 Å². The van der Waals surface area contributed by atoms with Gasteiger partial charge in [-0.2, -0.15) is 0 Å². The molecule has 1 aliphatic heterocycles. The van der Waals surface area contributed by atoms with Crippen LogP contribution in [0.3, 0.4) is 0 Å². The molecule has 1 aliphatic rings. The van der Waals surface area contributed by atoms with Crippen molar-refractivity contribution in [3.63, 3.8) is 0 Å². The maximum absolute atomic E-state index is 4.42. The number of pyridine rings is 1. The van der Waals surface area contributed by atoms with Crippen molar-refractivity contribution in [2.75, 3.05) is 13.6 Å². The summed E-state index contributed by atoms with van der Waals surface area (Å²) >= 11 is 0. The maximum atomic E-state index is 4.42. The predicted molar refractivity (Wildman–Crippen MR) is 70.9 cm³/mol. The van der Waals surface area contributed by atoms with Crippen LogP contribution in [-0.2, 0) is 6.54 Å². The molecule has 2 heterocycles. The van der Waals surface area contributed by atoms with E-state index in [1.165, 1.54) is 30.6 Å². The highest BCUT2D eigenvalue weighted by Crippen LogP contribution is 2.15. The zero-order valence-electron chi connectivity index (χ0n) is 11.1. The minimum absolute atomic E-state index is 0.641. The van der Waals surface area contributed by atoms with Gasteiger partial charge in [-0.3, -0.25) is 4.98 Å². The summed E-state index contributed by atoms with van der Waals surface area (Å²) in [5.74, 6) is 0. The second-order valence-corrected chi connectivity index (χ2v) is 5.20. The van der Waals surface area contributed by atoms with Crippen LogP contribution in [0.2, 0.25) is 0 Å². The van der Waals surface area contributed by atoms with Crippen LogP contribution in [0.5, 0.6) is 0 Å². The molecule has 1 N–H and O–H groups in total. The minimum Gasteiger partial charge on any atom is -0.308 e. The molecule has 3 heteroatoms. The van der Waals surface area contributed by atoms with E-state index in [0.29, 0.717) is 12.1 Å². The number of likely N-dealkylation sites (tertiary alicyclic amines) is 1. The van der Waals surface area contributed by atoms with Crippen molar-refractivity contribution < 1.29 is 0 Å². The Morgan fingerprint density at radius 1 is 1.53 bits per heavy atom. The molecule has 17 heavy (non-hydrogen) atoms. The van der Waals surface area contributed by atoms with Crippen molar-refractivity contribution in [2.24, 2.45) is 0 Å². The lowest BCUT2D eigenvalue weighted by Crippen LogP contribution is -2.45. The zero-order valence-corrected chi connectivity index (χ0v) is 11.1. The van der Waals surface area contributed by atoms with Crippen molar-refractivity contribution in [3.8, 4) is 0 Å². The van der Waals surface area contributed by atoms with Gasteiger partial charge in [-0.15, -0.1) is 0 Å². The normalized spacial score (nSPS) is 26.1. The van der Waals surface area contributed by atoms with Crippen LogP contribution in [0.4, 0.5) is 0 Å². The molecule has 2 unspecified atom stereocenters. The summed E-state index contributed by atoms with van der Waals surface area (Å²) in [7, 11) is 2.21. The Bertz CT molecular complexity index is 364. The number of aryl methyl sites for hydroxylation is 1. The standard InChI is InChI=1S/C14H23N3/c1-11-5-4-7-15-14(11)10-16-13-6-8-17(3)12(2)9-13/h4-5,7,12-13,16H,6,8-10H2,1-3H3. The van der Waals surface area contributed by atoms with E-state index in [-0.39, 0.29) is 0 Å². The van der Waals surface area contributed by atoms with Gasteiger partial charge in [-0.25, -0.2) is 0 Å². The number of nitrogens with one attached hydrogen (secondary N) is 1. The van der Waals surface area contributed by atoms with Crippen molar-refractivity contribution in [3.05, 3.63) is 29.6 Å². The summed E-state index contributed by atoms with van der Waals surface area (Å²) in [6.45, 7) is 6.52. The summed E-state index contributed by atoms with van der Waals surface area (Å²) in [4.78, 5) is 6.86. The molecule has 0 spiro atoms. The zero-order chi connectivity index (χ0) is 12.3. The van der Waals surface area contributed by atoms with Crippen LogP contribution in [0, 0.1) is 6.92 Å². The van der Waals surface area contributed by atoms with Gasteiger partial charge in [-0.05, 0) is 51.9 Å². The smallest absolute Gasteiger partial charge is 0.0570 e. The summed E-state index contributed by atoms with van der Waals surface area (Å²) < 4.78 is 0. The molecular weight excluding hydrogens is 210 g/mol. The minimum atomic E-state index is 0.641. The highest BCUT2D eigenvalue weighted by Gasteiger charge is 2.22. The number of nitrogens with zero attached hydrogens (tertiary/aromatic N) is 2. The quantitative estimate of drug-likeness (QED) is 0.865. The number of hydrogen-bond donors (Lipinski definition) is 1. The van der Waals surface area contributed by atoms with Crippen molar-refractivity contribution in [1.82, 2.24) is 15.2 Å². The SMILES string of the molecule is Cc1cccnc1CNC1CCN(C)C(C)C1. The van der Waals surface area contributed by atoms with Gasteiger partial charge in [0.1, 0.15) is 0 Å². The molecule has 2 rings (SSSR count). The highest BCUT2D eigenvalue weighted by atomic mass is 15.1. The number of hydrogen-bond acceptors (Lipinski definition) is 3. The van der Waals surface area contributed by atoms with Crippen molar-refractivity contribution in [2.45, 2.75) is 45.3 Å². The summed E-state index contributed by atoms with van der Waals surface area (Å²) in [5, 5.41) is 3.64. The number of aromatic nitrogens is 1. The van der Waals surface area contributed by atoms with Gasteiger partial charge in [0.05, 0.1) is 5.69 Å². The fourth-order valence-corrected chi connectivity index (χ4v) is 2.42. The van der Waals surface area contributed by atoms with E-state index in [2.05, 4.69) is 42.2 Å². The van der Waals surface area contributed by atoms with Gasteiger partial charge in [0.25, 0.3) is 0 Å². The van der Waals surface area contributed by atoms with E-state index >= 15 is 0 Å². The first-order valence-electron chi connectivity index (χ1n) is 6.51. The molecule has 0 bridgehead atoms. The molecule has 94 valence electrons. The third-order valence-corrected chi connectivity index (χ3v) is 3.88. The van der Waals surface area contributed by atoms with Gasteiger partial charge in [0, 0.05) is 24.8 Å². The summed E-state index contributed by atoms with van der Waals surface area (Å²) in [5.41, 5.74) is 2.46. The fraction of sp³-hybridized carbons (Fsp3) is 0.643. The molecule has 1 aromatic rings. The van der Waals surface area contributed by atoms with E-state index in [9.17, 15) is 0 Å². The molecular formula is C14H23N3. The first-order valence-corrected chi connectivity index (χ1v) is 6.51. The molecule has 0 radical (unpaired) electrons. The highest BCUT2D eigenvalue weighted by molar-refractivity contribution is 5.17. The molecule has 2 atom stereocenters. The second kappa shape index (κ2) is 5.61. The largest absolute Gasteiger partial charge is 0.308 e. The van der Waals surface area contributed by atoms with E-state index in [0.717, 1.165) is 6.54 Å². The van der Waals surface area contributed by atoms with E-state index in [1.54, 1.807) is 0 Å². The lowest BCUT2D eigenvalue weighted by atomic mass is 9.99. The molecule has 3 nitrogen and oxygen atoms in total. The lowest BCUT2D eigenvalue weighted by molar-refractivity contribution is 0.168. The number of rotatable bonds is 3.